The zero-order valence-electron chi connectivity index (χ0n) is 10.3. The summed E-state index contributed by atoms with van der Waals surface area (Å²) >= 11 is 3.37. The van der Waals surface area contributed by atoms with Gasteiger partial charge in [0.25, 0.3) is 0 Å². The predicted molar refractivity (Wildman–Crippen MR) is 75.7 cm³/mol. The molecule has 0 aliphatic heterocycles. The maximum absolute atomic E-state index is 5.73. The molecular weight excluding hydrogens is 308 g/mol. The number of benzene rings is 1. The third-order valence-electron chi connectivity index (χ3n) is 3.16. The summed E-state index contributed by atoms with van der Waals surface area (Å²) in [6.45, 7) is 0. The SMILES string of the molecule is NNC(c1ccc(OC2CC2)cc1)c1ccoc1Br. The first kappa shape index (κ1) is 12.7. The van der Waals surface area contributed by atoms with Crippen LogP contribution in [-0.2, 0) is 0 Å². The van der Waals surface area contributed by atoms with Crippen molar-refractivity contribution in [3.63, 3.8) is 0 Å². The minimum atomic E-state index is -0.108. The van der Waals surface area contributed by atoms with Gasteiger partial charge in [0.15, 0.2) is 4.67 Å². The summed E-state index contributed by atoms with van der Waals surface area (Å²) in [4.78, 5) is 0. The molecule has 0 spiro atoms. The van der Waals surface area contributed by atoms with Gasteiger partial charge in [-0.1, -0.05) is 12.1 Å². The van der Waals surface area contributed by atoms with Crippen LogP contribution in [0, 0.1) is 0 Å². The lowest BCUT2D eigenvalue weighted by Crippen LogP contribution is -2.28. The molecule has 3 rings (SSSR count). The number of ether oxygens (including phenoxy) is 1. The zero-order valence-corrected chi connectivity index (χ0v) is 11.9. The normalized spacial score (nSPS) is 16.3. The van der Waals surface area contributed by atoms with Crippen LogP contribution >= 0.6 is 15.9 Å². The molecule has 3 N–H and O–H groups in total. The van der Waals surface area contributed by atoms with Gasteiger partial charge < -0.3 is 9.15 Å². The molecule has 0 radical (unpaired) electrons. The summed E-state index contributed by atoms with van der Waals surface area (Å²) in [6.07, 6.45) is 4.37. The average Bonchev–Trinajstić information content (AvgIpc) is 3.14. The number of furan rings is 1. The van der Waals surface area contributed by atoms with Gasteiger partial charge in [-0.3, -0.25) is 5.84 Å². The minimum Gasteiger partial charge on any atom is -0.490 e. The van der Waals surface area contributed by atoms with Crippen LogP contribution in [0.1, 0.15) is 30.0 Å². The molecule has 1 aliphatic rings. The predicted octanol–water partition coefficient (Wildman–Crippen LogP) is 3.14. The molecule has 1 unspecified atom stereocenters. The van der Waals surface area contributed by atoms with E-state index in [4.69, 9.17) is 15.0 Å². The van der Waals surface area contributed by atoms with Gasteiger partial charge in [-0.15, -0.1) is 0 Å². The third kappa shape index (κ3) is 2.83. The van der Waals surface area contributed by atoms with E-state index in [1.54, 1.807) is 6.26 Å². The van der Waals surface area contributed by atoms with E-state index in [0.29, 0.717) is 10.8 Å². The van der Waals surface area contributed by atoms with Gasteiger partial charge in [0.2, 0.25) is 0 Å². The molecule has 100 valence electrons. The number of hydrogen-bond acceptors (Lipinski definition) is 4. The van der Waals surface area contributed by atoms with E-state index in [9.17, 15) is 0 Å². The lowest BCUT2D eigenvalue weighted by molar-refractivity contribution is 0.303. The van der Waals surface area contributed by atoms with Crippen molar-refractivity contribution in [2.75, 3.05) is 0 Å². The van der Waals surface area contributed by atoms with Crippen molar-refractivity contribution in [1.82, 2.24) is 5.43 Å². The highest BCUT2D eigenvalue weighted by Crippen LogP contribution is 2.31. The molecule has 4 nitrogen and oxygen atoms in total. The highest BCUT2D eigenvalue weighted by atomic mass is 79.9. The fourth-order valence-electron chi connectivity index (χ4n) is 1.99. The van der Waals surface area contributed by atoms with Crippen LogP contribution in [0.2, 0.25) is 0 Å². The molecular formula is C14H15BrN2O2. The Balaban J connectivity index is 1.81. The summed E-state index contributed by atoms with van der Waals surface area (Å²) in [5.41, 5.74) is 4.84. The lowest BCUT2D eigenvalue weighted by atomic mass is 10.0. The summed E-state index contributed by atoms with van der Waals surface area (Å²) in [7, 11) is 0. The molecule has 19 heavy (non-hydrogen) atoms. The average molecular weight is 323 g/mol. The Bertz CT molecular complexity index is 549. The smallest absolute Gasteiger partial charge is 0.174 e. The first-order chi connectivity index (χ1) is 9.28. The first-order valence-electron chi connectivity index (χ1n) is 6.23. The Labute approximate surface area is 120 Å². The second-order valence-electron chi connectivity index (χ2n) is 4.64. The molecule has 1 aromatic heterocycles. The van der Waals surface area contributed by atoms with Crippen molar-refractivity contribution < 1.29 is 9.15 Å². The summed E-state index contributed by atoms with van der Waals surface area (Å²) in [5.74, 6) is 6.56. The molecule has 1 aromatic carbocycles. The van der Waals surface area contributed by atoms with Gasteiger partial charge in [-0.05, 0) is 52.5 Å². The number of nitrogens with one attached hydrogen (secondary N) is 1. The van der Waals surface area contributed by atoms with Crippen LogP contribution in [0.15, 0.2) is 45.7 Å². The van der Waals surface area contributed by atoms with Crippen molar-refractivity contribution in [3.8, 4) is 5.75 Å². The quantitative estimate of drug-likeness (QED) is 0.655. The van der Waals surface area contributed by atoms with Gasteiger partial charge in [0.1, 0.15) is 5.75 Å². The van der Waals surface area contributed by atoms with Gasteiger partial charge in [-0.2, -0.15) is 0 Å². The highest BCUT2D eigenvalue weighted by Gasteiger charge is 2.23. The van der Waals surface area contributed by atoms with Gasteiger partial charge in [-0.25, -0.2) is 5.43 Å². The molecule has 0 amide bonds. The second kappa shape index (κ2) is 5.36. The lowest BCUT2D eigenvalue weighted by Gasteiger charge is -2.16. The Kier molecular flexibility index (Phi) is 3.59. The Hall–Kier alpha value is -1.30. The topological polar surface area (TPSA) is 60.4 Å². The van der Waals surface area contributed by atoms with Crippen molar-refractivity contribution >= 4 is 15.9 Å². The Morgan fingerprint density at radius 3 is 2.53 bits per heavy atom. The van der Waals surface area contributed by atoms with Crippen LogP contribution in [0.5, 0.6) is 5.75 Å². The Morgan fingerprint density at radius 1 is 1.26 bits per heavy atom. The third-order valence-corrected chi connectivity index (χ3v) is 3.81. The number of nitrogens with two attached hydrogens (primary N) is 1. The first-order valence-corrected chi connectivity index (χ1v) is 7.03. The van der Waals surface area contributed by atoms with Crippen LogP contribution in [-0.4, -0.2) is 6.10 Å². The van der Waals surface area contributed by atoms with Crippen LogP contribution in [0.3, 0.4) is 0 Å². The van der Waals surface area contributed by atoms with E-state index in [0.717, 1.165) is 29.7 Å². The molecule has 1 atom stereocenters. The molecule has 2 aromatic rings. The number of rotatable bonds is 5. The fourth-order valence-corrected chi connectivity index (χ4v) is 2.46. The van der Waals surface area contributed by atoms with Gasteiger partial charge in [0.05, 0.1) is 18.4 Å². The number of hydrazine groups is 1. The van der Waals surface area contributed by atoms with Gasteiger partial charge in [0, 0.05) is 5.56 Å². The van der Waals surface area contributed by atoms with E-state index >= 15 is 0 Å². The zero-order chi connectivity index (χ0) is 13.2. The Morgan fingerprint density at radius 2 is 2.00 bits per heavy atom. The molecule has 0 bridgehead atoms. The van der Waals surface area contributed by atoms with Crippen LogP contribution in [0.25, 0.3) is 0 Å². The monoisotopic (exact) mass is 322 g/mol. The summed E-state index contributed by atoms with van der Waals surface area (Å²) in [6, 6.07) is 9.77. The van der Waals surface area contributed by atoms with Crippen molar-refractivity contribution in [2.45, 2.75) is 25.0 Å². The van der Waals surface area contributed by atoms with Crippen LogP contribution < -0.4 is 16.0 Å². The largest absolute Gasteiger partial charge is 0.490 e. The van der Waals surface area contributed by atoms with E-state index in [-0.39, 0.29) is 6.04 Å². The molecule has 1 fully saturated rings. The number of hydrogen-bond donors (Lipinski definition) is 2. The molecule has 1 heterocycles. The molecule has 1 aliphatic carbocycles. The summed E-state index contributed by atoms with van der Waals surface area (Å²) in [5, 5.41) is 0. The van der Waals surface area contributed by atoms with Gasteiger partial charge >= 0.3 is 0 Å². The van der Waals surface area contributed by atoms with Crippen molar-refractivity contribution in [2.24, 2.45) is 5.84 Å². The maximum atomic E-state index is 5.73. The van der Waals surface area contributed by atoms with E-state index in [1.165, 1.54) is 0 Å². The molecule has 0 saturated heterocycles. The molecule has 1 saturated carbocycles. The minimum absolute atomic E-state index is 0.108. The highest BCUT2D eigenvalue weighted by molar-refractivity contribution is 9.10. The van der Waals surface area contributed by atoms with E-state index < -0.39 is 0 Å². The fraction of sp³-hybridized carbons (Fsp3) is 0.286. The number of halogens is 1. The maximum Gasteiger partial charge on any atom is 0.174 e. The summed E-state index contributed by atoms with van der Waals surface area (Å²) < 4.78 is 11.7. The van der Waals surface area contributed by atoms with E-state index in [2.05, 4.69) is 21.4 Å². The van der Waals surface area contributed by atoms with Crippen molar-refractivity contribution in [3.05, 3.63) is 52.4 Å². The second-order valence-corrected chi connectivity index (χ2v) is 5.36. The molecule has 5 heteroatoms. The van der Waals surface area contributed by atoms with E-state index in [1.807, 2.05) is 30.3 Å². The standard InChI is InChI=1S/C14H15BrN2O2/c15-14-12(7-8-18-14)13(17-16)9-1-3-10(4-2-9)19-11-5-6-11/h1-4,7-8,11,13,17H,5-6,16H2. The van der Waals surface area contributed by atoms with Crippen molar-refractivity contribution in [1.29, 1.82) is 0 Å². The van der Waals surface area contributed by atoms with Crippen LogP contribution in [0.4, 0.5) is 0 Å².